The van der Waals surface area contributed by atoms with Gasteiger partial charge in [0, 0.05) is 5.02 Å². The van der Waals surface area contributed by atoms with E-state index in [1.54, 1.807) is 36.4 Å². The molecule has 0 amide bonds. The summed E-state index contributed by atoms with van der Waals surface area (Å²) in [6.45, 7) is 0. The van der Waals surface area contributed by atoms with E-state index in [9.17, 15) is 4.79 Å². The van der Waals surface area contributed by atoms with Gasteiger partial charge in [-0.05, 0) is 23.8 Å². The molecule has 0 aliphatic heterocycles. The lowest BCUT2D eigenvalue weighted by molar-refractivity contribution is -0.113. The molecule has 0 atom stereocenters. The van der Waals surface area contributed by atoms with E-state index in [4.69, 9.17) is 16.9 Å². The Morgan fingerprint density at radius 1 is 1.43 bits per heavy atom. The molecule has 0 aromatic heterocycles. The molecule has 14 heavy (non-hydrogen) atoms. The van der Waals surface area contributed by atoms with Crippen molar-refractivity contribution >= 4 is 23.5 Å². The summed E-state index contributed by atoms with van der Waals surface area (Å²) in [4.78, 5) is 10.9. The molecule has 3 heteroatoms. The van der Waals surface area contributed by atoms with Gasteiger partial charge in [0.05, 0.1) is 12.5 Å². The van der Waals surface area contributed by atoms with E-state index in [-0.39, 0.29) is 12.2 Å². The van der Waals surface area contributed by atoms with Crippen molar-refractivity contribution in [1.82, 2.24) is 0 Å². The molecule has 70 valence electrons. The van der Waals surface area contributed by atoms with Crippen LogP contribution in [0.1, 0.15) is 12.0 Å². The molecule has 0 bridgehead atoms. The van der Waals surface area contributed by atoms with Gasteiger partial charge < -0.3 is 0 Å². The largest absolute Gasteiger partial charge is 0.294 e. The van der Waals surface area contributed by atoms with Crippen molar-refractivity contribution in [2.24, 2.45) is 0 Å². The van der Waals surface area contributed by atoms with Crippen LogP contribution in [0.25, 0.3) is 6.08 Å². The number of allylic oxidation sites excluding steroid dienone is 1. The van der Waals surface area contributed by atoms with Gasteiger partial charge >= 0.3 is 0 Å². The molecule has 1 aromatic carbocycles. The lowest BCUT2D eigenvalue weighted by Gasteiger charge is -1.92. The maximum absolute atomic E-state index is 10.9. The number of rotatable bonds is 3. The third-order valence-corrected chi connectivity index (χ3v) is 1.84. The Morgan fingerprint density at radius 3 is 2.64 bits per heavy atom. The Labute approximate surface area is 87.4 Å². The molecule has 0 heterocycles. The molecular weight excluding hydrogens is 198 g/mol. The SMILES string of the molecule is N#CCC(=O)C=Cc1ccc(Cl)cc1. The molecule has 2 nitrogen and oxygen atoms in total. The monoisotopic (exact) mass is 205 g/mol. The lowest BCUT2D eigenvalue weighted by Crippen LogP contribution is -1.88. The van der Waals surface area contributed by atoms with Crippen molar-refractivity contribution in [1.29, 1.82) is 5.26 Å². The number of carbonyl (C=O) groups is 1. The summed E-state index contributed by atoms with van der Waals surface area (Å²) in [5.41, 5.74) is 0.890. The fourth-order valence-electron chi connectivity index (χ4n) is 0.900. The summed E-state index contributed by atoms with van der Waals surface area (Å²) in [7, 11) is 0. The highest BCUT2D eigenvalue weighted by Crippen LogP contribution is 2.10. The topological polar surface area (TPSA) is 40.9 Å². The van der Waals surface area contributed by atoms with Crippen molar-refractivity contribution in [2.45, 2.75) is 6.42 Å². The van der Waals surface area contributed by atoms with Gasteiger partial charge in [0.15, 0.2) is 5.78 Å². The molecule has 0 aliphatic rings. The number of benzene rings is 1. The minimum Gasteiger partial charge on any atom is -0.294 e. The number of hydrogen-bond acceptors (Lipinski definition) is 2. The Kier molecular flexibility index (Phi) is 3.90. The molecule has 0 aliphatic carbocycles. The van der Waals surface area contributed by atoms with E-state index in [0.717, 1.165) is 5.56 Å². The van der Waals surface area contributed by atoms with E-state index in [1.165, 1.54) is 6.08 Å². The van der Waals surface area contributed by atoms with Gasteiger partial charge in [0.25, 0.3) is 0 Å². The van der Waals surface area contributed by atoms with E-state index < -0.39 is 0 Å². The van der Waals surface area contributed by atoms with E-state index in [1.807, 2.05) is 0 Å². The Morgan fingerprint density at radius 2 is 2.07 bits per heavy atom. The molecular formula is C11H8ClNO. The van der Waals surface area contributed by atoms with Crippen LogP contribution in [0, 0.1) is 11.3 Å². The van der Waals surface area contributed by atoms with Gasteiger partial charge in [-0.15, -0.1) is 0 Å². The second-order valence-corrected chi connectivity index (χ2v) is 3.12. The summed E-state index contributed by atoms with van der Waals surface area (Å²) >= 11 is 5.69. The smallest absolute Gasteiger partial charge is 0.169 e. The van der Waals surface area contributed by atoms with Crippen LogP contribution < -0.4 is 0 Å². The highest BCUT2D eigenvalue weighted by atomic mass is 35.5. The third kappa shape index (κ3) is 3.42. The first-order chi connectivity index (χ1) is 6.72. The molecule has 0 fully saturated rings. The molecule has 0 radical (unpaired) electrons. The second-order valence-electron chi connectivity index (χ2n) is 2.69. The number of nitrogens with zero attached hydrogens (tertiary/aromatic N) is 1. The first-order valence-corrected chi connectivity index (χ1v) is 4.43. The highest BCUT2D eigenvalue weighted by molar-refractivity contribution is 6.30. The number of carbonyl (C=O) groups excluding carboxylic acids is 1. The number of nitriles is 1. The minimum atomic E-state index is -0.192. The van der Waals surface area contributed by atoms with Crippen molar-refractivity contribution in [3.8, 4) is 6.07 Å². The fraction of sp³-hybridized carbons (Fsp3) is 0.0909. The summed E-state index contributed by atoms with van der Waals surface area (Å²) in [6, 6.07) is 8.89. The zero-order valence-electron chi connectivity index (χ0n) is 7.40. The molecule has 0 saturated heterocycles. The third-order valence-electron chi connectivity index (χ3n) is 1.58. The maximum atomic E-state index is 10.9. The van der Waals surface area contributed by atoms with Gasteiger partial charge in [-0.3, -0.25) is 4.79 Å². The predicted molar refractivity (Wildman–Crippen MR) is 55.7 cm³/mol. The lowest BCUT2D eigenvalue weighted by atomic mass is 10.2. The summed E-state index contributed by atoms with van der Waals surface area (Å²) in [6.07, 6.45) is 2.98. The molecule has 0 saturated carbocycles. The average molecular weight is 206 g/mol. The van der Waals surface area contributed by atoms with Crippen LogP contribution in [0.4, 0.5) is 0 Å². The summed E-state index contributed by atoms with van der Waals surface area (Å²) in [5, 5.41) is 8.91. The predicted octanol–water partition coefficient (Wildman–Crippen LogP) is 2.84. The van der Waals surface area contributed by atoms with Crippen LogP contribution in [0.2, 0.25) is 5.02 Å². The van der Waals surface area contributed by atoms with E-state index in [0.29, 0.717) is 5.02 Å². The van der Waals surface area contributed by atoms with E-state index in [2.05, 4.69) is 0 Å². The maximum Gasteiger partial charge on any atom is 0.169 e. The van der Waals surface area contributed by atoms with Crippen LogP contribution >= 0.6 is 11.6 Å². The normalized spacial score (nSPS) is 10.0. The fourth-order valence-corrected chi connectivity index (χ4v) is 1.03. The zero-order valence-corrected chi connectivity index (χ0v) is 8.16. The Hall–Kier alpha value is -1.59. The second kappa shape index (κ2) is 5.21. The van der Waals surface area contributed by atoms with Crippen LogP contribution in [0.3, 0.4) is 0 Å². The van der Waals surface area contributed by atoms with Gasteiger partial charge in [-0.25, -0.2) is 0 Å². The quantitative estimate of drug-likeness (QED) is 0.712. The van der Waals surface area contributed by atoms with Crippen molar-refractivity contribution in [2.75, 3.05) is 0 Å². The summed E-state index contributed by atoms with van der Waals surface area (Å²) in [5.74, 6) is -0.192. The molecule has 0 spiro atoms. The first kappa shape index (κ1) is 10.5. The van der Waals surface area contributed by atoms with E-state index >= 15 is 0 Å². The van der Waals surface area contributed by atoms with Crippen LogP contribution in [0.5, 0.6) is 0 Å². The van der Waals surface area contributed by atoms with Crippen LogP contribution in [-0.2, 0) is 4.79 Å². The van der Waals surface area contributed by atoms with Crippen molar-refractivity contribution in [3.63, 3.8) is 0 Å². The zero-order chi connectivity index (χ0) is 10.4. The molecule has 0 unspecified atom stereocenters. The Bertz CT molecular complexity index is 387. The summed E-state index contributed by atoms with van der Waals surface area (Å²) < 4.78 is 0. The van der Waals surface area contributed by atoms with Crippen LogP contribution in [-0.4, -0.2) is 5.78 Å². The van der Waals surface area contributed by atoms with Gasteiger partial charge in [0.2, 0.25) is 0 Å². The van der Waals surface area contributed by atoms with Gasteiger partial charge in [-0.2, -0.15) is 5.26 Å². The molecule has 1 aromatic rings. The van der Waals surface area contributed by atoms with Crippen molar-refractivity contribution < 1.29 is 4.79 Å². The minimum absolute atomic E-state index is 0.0793. The van der Waals surface area contributed by atoms with Crippen molar-refractivity contribution in [3.05, 3.63) is 40.9 Å². The Balaban J connectivity index is 2.65. The molecule has 0 N–H and O–H groups in total. The number of halogens is 1. The highest BCUT2D eigenvalue weighted by Gasteiger charge is 1.93. The standard InChI is InChI=1S/C11H8ClNO/c12-10-4-1-9(2-5-10)3-6-11(14)7-8-13/h1-6H,7H2. The van der Waals surface area contributed by atoms with Crippen LogP contribution in [0.15, 0.2) is 30.3 Å². The average Bonchev–Trinajstić information content (AvgIpc) is 2.17. The number of ketones is 1. The van der Waals surface area contributed by atoms with Gasteiger partial charge in [-0.1, -0.05) is 29.8 Å². The first-order valence-electron chi connectivity index (χ1n) is 4.06. The number of hydrogen-bond donors (Lipinski definition) is 0. The molecule has 1 rings (SSSR count). The van der Waals surface area contributed by atoms with Gasteiger partial charge in [0.1, 0.15) is 0 Å².